The van der Waals surface area contributed by atoms with Gasteiger partial charge in [0.05, 0.1) is 0 Å². The van der Waals surface area contributed by atoms with Gasteiger partial charge in [-0.2, -0.15) is 0 Å². The van der Waals surface area contributed by atoms with Gasteiger partial charge < -0.3 is 9.80 Å². The highest BCUT2D eigenvalue weighted by molar-refractivity contribution is 6.35. The van der Waals surface area contributed by atoms with Crippen LogP contribution >= 0.6 is 0 Å². The van der Waals surface area contributed by atoms with E-state index in [9.17, 15) is 14.4 Å². The molecule has 1 saturated heterocycles. The van der Waals surface area contributed by atoms with Gasteiger partial charge >= 0.3 is 11.8 Å². The number of amides is 2. The van der Waals surface area contributed by atoms with Crippen LogP contribution in [0, 0.1) is 0 Å². The third kappa shape index (κ3) is 2.59. The molecule has 5 heteroatoms. The number of likely N-dealkylation sites (N-methyl/N-ethyl adjacent to an activating group) is 1. The Morgan fingerprint density at radius 2 is 1.94 bits per heavy atom. The number of hydrogen-bond donors (Lipinski definition) is 0. The molecule has 2 amide bonds. The van der Waals surface area contributed by atoms with Crippen molar-refractivity contribution in [2.45, 2.75) is 33.2 Å². The lowest BCUT2D eigenvalue weighted by Gasteiger charge is -2.36. The maximum Gasteiger partial charge on any atom is 0.312 e. The Labute approximate surface area is 95.4 Å². The molecule has 0 aromatic rings. The van der Waals surface area contributed by atoms with Gasteiger partial charge in [0.2, 0.25) is 0 Å². The van der Waals surface area contributed by atoms with E-state index in [-0.39, 0.29) is 11.8 Å². The molecule has 1 fully saturated rings. The molecule has 1 unspecified atom stereocenters. The molecule has 1 heterocycles. The summed E-state index contributed by atoms with van der Waals surface area (Å²) in [5.74, 6) is -0.906. The monoisotopic (exact) mass is 226 g/mol. The minimum atomic E-state index is -0.484. The number of Topliss-reactive ketones (excluding diaryl/α,β-unsaturated/α-hetero) is 1. The van der Waals surface area contributed by atoms with Crippen molar-refractivity contribution < 1.29 is 14.4 Å². The van der Waals surface area contributed by atoms with E-state index in [4.69, 9.17) is 0 Å². The first kappa shape index (κ1) is 12.7. The summed E-state index contributed by atoms with van der Waals surface area (Å²) in [6.45, 7) is 6.77. The predicted octanol–water partition coefficient (Wildman–Crippen LogP) is 0.0447. The van der Waals surface area contributed by atoms with Gasteiger partial charge in [0.15, 0.2) is 0 Å². The first-order chi connectivity index (χ1) is 7.47. The number of nitrogens with zero attached hydrogens (tertiary/aromatic N) is 2. The number of carbonyl (C=O) groups is 3. The Kier molecular flexibility index (Phi) is 4.04. The van der Waals surface area contributed by atoms with E-state index in [0.29, 0.717) is 26.1 Å². The van der Waals surface area contributed by atoms with Crippen LogP contribution in [0.4, 0.5) is 0 Å². The highest BCUT2D eigenvalue weighted by Gasteiger charge is 2.34. The van der Waals surface area contributed by atoms with Gasteiger partial charge in [-0.15, -0.1) is 0 Å². The normalized spacial score (nSPS) is 18.9. The summed E-state index contributed by atoms with van der Waals surface area (Å²) in [6.07, 6.45) is 0.311. The predicted molar refractivity (Wildman–Crippen MR) is 58.7 cm³/mol. The molecule has 90 valence electrons. The van der Waals surface area contributed by atoms with Gasteiger partial charge in [-0.3, -0.25) is 14.4 Å². The SMILES string of the molecule is CCN1CCN(C(C)CC(C)=O)C(=O)C1=O. The molecule has 0 aromatic heterocycles. The van der Waals surface area contributed by atoms with Gasteiger partial charge in [0.25, 0.3) is 0 Å². The molecule has 0 aliphatic carbocycles. The van der Waals surface area contributed by atoms with Crippen LogP contribution in [-0.4, -0.2) is 53.1 Å². The fourth-order valence-electron chi connectivity index (χ4n) is 1.94. The van der Waals surface area contributed by atoms with Crippen molar-refractivity contribution in [2.24, 2.45) is 0 Å². The summed E-state index contributed by atoms with van der Waals surface area (Å²) < 4.78 is 0. The van der Waals surface area contributed by atoms with Crippen molar-refractivity contribution in [3.8, 4) is 0 Å². The molecule has 1 aliphatic rings. The highest BCUT2D eigenvalue weighted by Crippen LogP contribution is 2.11. The molecule has 16 heavy (non-hydrogen) atoms. The number of carbonyl (C=O) groups excluding carboxylic acids is 3. The van der Waals surface area contributed by atoms with Crippen LogP contribution in [0.3, 0.4) is 0 Å². The van der Waals surface area contributed by atoms with Crippen molar-refractivity contribution in [1.29, 1.82) is 0 Å². The molecular formula is C11H18N2O3. The Morgan fingerprint density at radius 1 is 1.31 bits per heavy atom. The quantitative estimate of drug-likeness (QED) is 0.636. The standard InChI is InChI=1S/C11H18N2O3/c1-4-12-5-6-13(11(16)10(12)15)8(2)7-9(3)14/h8H,4-7H2,1-3H3. The molecule has 5 nitrogen and oxygen atoms in total. The van der Waals surface area contributed by atoms with Crippen LogP contribution in [0.1, 0.15) is 27.2 Å². The van der Waals surface area contributed by atoms with Crippen LogP contribution < -0.4 is 0 Å². The second-order valence-electron chi connectivity index (χ2n) is 4.14. The Bertz CT molecular complexity index is 314. The maximum atomic E-state index is 11.7. The number of rotatable bonds is 4. The Morgan fingerprint density at radius 3 is 2.44 bits per heavy atom. The summed E-state index contributed by atoms with van der Waals surface area (Å²) in [6, 6.07) is -0.187. The molecule has 0 N–H and O–H groups in total. The molecular weight excluding hydrogens is 208 g/mol. The molecule has 0 aromatic carbocycles. The van der Waals surface area contributed by atoms with E-state index in [2.05, 4.69) is 0 Å². The fourth-order valence-corrected chi connectivity index (χ4v) is 1.94. The van der Waals surface area contributed by atoms with Gasteiger partial charge in [0, 0.05) is 32.1 Å². The van der Waals surface area contributed by atoms with Gasteiger partial charge in [-0.1, -0.05) is 0 Å². The second kappa shape index (κ2) is 5.09. The first-order valence-electron chi connectivity index (χ1n) is 5.56. The van der Waals surface area contributed by atoms with Gasteiger partial charge in [-0.25, -0.2) is 0 Å². The van der Waals surface area contributed by atoms with Gasteiger partial charge in [0.1, 0.15) is 5.78 Å². The van der Waals surface area contributed by atoms with Crippen molar-refractivity contribution in [3.63, 3.8) is 0 Å². The molecule has 1 rings (SSSR count). The summed E-state index contributed by atoms with van der Waals surface area (Å²) >= 11 is 0. The summed E-state index contributed by atoms with van der Waals surface area (Å²) in [4.78, 5) is 37.3. The zero-order valence-corrected chi connectivity index (χ0v) is 10.0. The minimum Gasteiger partial charge on any atom is -0.333 e. The fraction of sp³-hybridized carbons (Fsp3) is 0.727. The van der Waals surface area contributed by atoms with Crippen LogP contribution in [0.25, 0.3) is 0 Å². The molecule has 0 saturated carbocycles. The average Bonchev–Trinajstić information content (AvgIpc) is 2.20. The zero-order valence-electron chi connectivity index (χ0n) is 10.0. The smallest absolute Gasteiger partial charge is 0.312 e. The van der Waals surface area contributed by atoms with Crippen molar-refractivity contribution >= 4 is 17.6 Å². The molecule has 1 aliphatic heterocycles. The van der Waals surface area contributed by atoms with Crippen LogP contribution in [0.2, 0.25) is 0 Å². The summed E-state index contributed by atoms with van der Waals surface area (Å²) in [7, 11) is 0. The number of ketones is 1. The number of hydrogen-bond acceptors (Lipinski definition) is 3. The summed E-state index contributed by atoms with van der Waals surface area (Å²) in [5, 5.41) is 0. The third-order valence-electron chi connectivity index (χ3n) is 2.84. The van der Waals surface area contributed by atoms with E-state index in [1.54, 1.807) is 6.92 Å². The lowest BCUT2D eigenvalue weighted by molar-refractivity contribution is -0.157. The summed E-state index contributed by atoms with van der Waals surface area (Å²) in [5.41, 5.74) is 0. The Balaban J connectivity index is 2.67. The van der Waals surface area contributed by atoms with E-state index in [1.165, 1.54) is 16.7 Å². The average molecular weight is 226 g/mol. The molecule has 0 radical (unpaired) electrons. The first-order valence-corrected chi connectivity index (χ1v) is 5.56. The lowest BCUT2D eigenvalue weighted by atomic mass is 10.1. The van der Waals surface area contributed by atoms with E-state index < -0.39 is 11.8 Å². The van der Waals surface area contributed by atoms with Crippen molar-refractivity contribution in [3.05, 3.63) is 0 Å². The van der Waals surface area contributed by atoms with Gasteiger partial charge in [-0.05, 0) is 20.8 Å². The maximum absolute atomic E-state index is 11.7. The molecule has 0 bridgehead atoms. The highest BCUT2D eigenvalue weighted by atomic mass is 16.2. The van der Waals surface area contributed by atoms with E-state index >= 15 is 0 Å². The van der Waals surface area contributed by atoms with Crippen molar-refractivity contribution in [2.75, 3.05) is 19.6 Å². The van der Waals surface area contributed by atoms with Crippen LogP contribution in [-0.2, 0) is 14.4 Å². The third-order valence-corrected chi connectivity index (χ3v) is 2.84. The lowest BCUT2D eigenvalue weighted by Crippen LogP contribution is -2.56. The van der Waals surface area contributed by atoms with Crippen LogP contribution in [0.15, 0.2) is 0 Å². The minimum absolute atomic E-state index is 0.0330. The zero-order chi connectivity index (χ0) is 12.3. The Hall–Kier alpha value is -1.39. The second-order valence-corrected chi connectivity index (χ2v) is 4.14. The van der Waals surface area contributed by atoms with E-state index in [1.807, 2.05) is 6.92 Å². The van der Waals surface area contributed by atoms with E-state index in [0.717, 1.165) is 0 Å². The van der Waals surface area contributed by atoms with Crippen molar-refractivity contribution in [1.82, 2.24) is 9.80 Å². The molecule has 0 spiro atoms. The largest absolute Gasteiger partial charge is 0.333 e. The number of piperazine rings is 1. The van der Waals surface area contributed by atoms with Crippen LogP contribution in [0.5, 0.6) is 0 Å². The molecule has 1 atom stereocenters. The topological polar surface area (TPSA) is 57.7 Å².